The molecule has 104 valence electrons. The summed E-state index contributed by atoms with van der Waals surface area (Å²) in [6, 6.07) is 4.55. The lowest BCUT2D eigenvalue weighted by molar-refractivity contribution is -0.137. The molecule has 1 aliphatic heterocycles. The quantitative estimate of drug-likeness (QED) is 0.915. The number of nitrogens with two attached hydrogens (primary N) is 1. The van der Waals surface area contributed by atoms with Gasteiger partial charge >= 0.3 is 6.18 Å². The maximum absolute atomic E-state index is 12.4. The van der Waals surface area contributed by atoms with Gasteiger partial charge < -0.3 is 10.5 Å². The van der Waals surface area contributed by atoms with E-state index in [2.05, 4.69) is 0 Å². The van der Waals surface area contributed by atoms with Crippen molar-refractivity contribution in [1.29, 1.82) is 0 Å². The Balaban J connectivity index is 2.06. The second-order valence-electron chi connectivity index (χ2n) is 4.75. The van der Waals surface area contributed by atoms with Gasteiger partial charge in [-0.3, -0.25) is 4.79 Å². The molecule has 0 saturated carbocycles. The van der Waals surface area contributed by atoms with E-state index in [1.54, 1.807) is 0 Å². The summed E-state index contributed by atoms with van der Waals surface area (Å²) < 4.78 is 42.2. The summed E-state index contributed by atoms with van der Waals surface area (Å²) in [5.41, 5.74) is 4.69. The first-order valence-electron chi connectivity index (χ1n) is 5.87. The van der Waals surface area contributed by atoms with Gasteiger partial charge in [-0.15, -0.1) is 0 Å². The Bertz CT molecular complexity index is 462. The number of alkyl halides is 3. The molecule has 1 heterocycles. The van der Waals surface area contributed by atoms with Crippen molar-refractivity contribution in [2.45, 2.75) is 24.6 Å². The lowest BCUT2D eigenvalue weighted by Gasteiger charge is -2.19. The lowest BCUT2D eigenvalue weighted by Crippen LogP contribution is -2.49. The predicted molar refractivity (Wildman–Crippen MR) is 62.5 cm³/mol. The van der Waals surface area contributed by atoms with Crippen molar-refractivity contribution in [2.75, 3.05) is 13.2 Å². The molecular formula is C13H14F3NO2. The van der Waals surface area contributed by atoms with Gasteiger partial charge in [-0.2, -0.15) is 13.2 Å². The minimum Gasteiger partial charge on any atom is -0.379 e. The van der Waals surface area contributed by atoms with Gasteiger partial charge in [0.25, 0.3) is 0 Å². The van der Waals surface area contributed by atoms with E-state index in [1.807, 2.05) is 0 Å². The van der Waals surface area contributed by atoms with Crippen molar-refractivity contribution < 1.29 is 22.7 Å². The van der Waals surface area contributed by atoms with E-state index in [0.29, 0.717) is 18.6 Å². The van der Waals surface area contributed by atoms with E-state index in [-0.39, 0.29) is 18.8 Å². The zero-order chi connectivity index (χ0) is 14.1. The molecule has 19 heavy (non-hydrogen) atoms. The third kappa shape index (κ3) is 3.13. The van der Waals surface area contributed by atoms with E-state index in [1.165, 1.54) is 12.1 Å². The van der Waals surface area contributed by atoms with Gasteiger partial charge in [0.2, 0.25) is 0 Å². The fourth-order valence-corrected chi connectivity index (χ4v) is 1.97. The zero-order valence-corrected chi connectivity index (χ0v) is 10.2. The number of hydrogen-bond acceptors (Lipinski definition) is 3. The Morgan fingerprint density at radius 2 is 1.95 bits per heavy atom. The van der Waals surface area contributed by atoms with Crippen LogP contribution in [0.4, 0.5) is 13.2 Å². The molecule has 2 N–H and O–H groups in total. The van der Waals surface area contributed by atoms with Gasteiger partial charge in [0.15, 0.2) is 5.78 Å². The van der Waals surface area contributed by atoms with Gasteiger partial charge in [0, 0.05) is 13.0 Å². The minimum absolute atomic E-state index is 0.0258. The fourth-order valence-electron chi connectivity index (χ4n) is 1.97. The predicted octanol–water partition coefficient (Wildman–Crippen LogP) is 1.93. The molecule has 1 unspecified atom stereocenters. The Morgan fingerprint density at radius 1 is 1.32 bits per heavy atom. The van der Waals surface area contributed by atoms with Crippen LogP contribution in [0.3, 0.4) is 0 Å². The molecule has 1 saturated heterocycles. The first-order chi connectivity index (χ1) is 8.81. The molecule has 0 aliphatic carbocycles. The molecule has 2 rings (SSSR count). The summed E-state index contributed by atoms with van der Waals surface area (Å²) in [5.74, 6) is -0.204. The van der Waals surface area contributed by atoms with Crippen molar-refractivity contribution in [3.63, 3.8) is 0 Å². The summed E-state index contributed by atoms with van der Waals surface area (Å²) >= 11 is 0. The van der Waals surface area contributed by atoms with E-state index < -0.39 is 17.3 Å². The minimum atomic E-state index is -4.36. The maximum Gasteiger partial charge on any atom is 0.416 e. The van der Waals surface area contributed by atoms with Gasteiger partial charge in [-0.05, 0) is 24.1 Å². The van der Waals surface area contributed by atoms with Crippen LogP contribution in [0, 0.1) is 0 Å². The number of ether oxygens (including phenoxy) is 1. The molecule has 0 spiro atoms. The van der Waals surface area contributed by atoms with Crippen molar-refractivity contribution in [3.05, 3.63) is 35.4 Å². The summed E-state index contributed by atoms with van der Waals surface area (Å²) in [4.78, 5) is 12.0. The van der Waals surface area contributed by atoms with Crippen LogP contribution in [-0.2, 0) is 22.1 Å². The van der Waals surface area contributed by atoms with E-state index in [0.717, 1.165) is 12.1 Å². The summed E-state index contributed by atoms with van der Waals surface area (Å²) in [6.07, 6.45) is -3.89. The molecule has 6 heteroatoms. The van der Waals surface area contributed by atoms with Crippen LogP contribution < -0.4 is 5.73 Å². The number of carbonyl (C=O) groups is 1. The Hall–Kier alpha value is -1.40. The third-order valence-corrected chi connectivity index (χ3v) is 3.25. The highest BCUT2D eigenvalue weighted by Gasteiger charge is 2.37. The van der Waals surface area contributed by atoms with Gasteiger partial charge in [-0.1, -0.05) is 12.1 Å². The second-order valence-corrected chi connectivity index (χ2v) is 4.75. The van der Waals surface area contributed by atoms with E-state index >= 15 is 0 Å². The second kappa shape index (κ2) is 4.94. The van der Waals surface area contributed by atoms with Gasteiger partial charge in [0.05, 0.1) is 12.2 Å². The van der Waals surface area contributed by atoms with Crippen molar-refractivity contribution >= 4 is 5.78 Å². The summed E-state index contributed by atoms with van der Waals surface area (Å²) in [5, 5.41) is 0. The highest BCUT2D eigenvalue weighted by molar-refractivity contribution is 5.90. The number of Topliss-reactive ketones (excluding diaryl/α,β-unsaturated/α-hetero) is 1. The Morgan fingerprint density at radius 3 is 2.42 bits per heavy atom. The van der Waals surface area contributed by atoms with Crippen LogP contribution in [0.15, 0.2) is 24.3 Å². The number of carbonyl (C=O) groups excluding carboxylic acids is 1. The smallest absolute Gasteiger partial charge is 0.379 e. The van der Waals surface area contributed by atoms with Crippen molar-refractivity contribution in [2.24, 2.45) is 5.73 Å². The lowest BCUT2D eigenvalue weighted by atomic mass is 9.90. The molecule has 0 bridgehead atoms. The van der Waals surface area contributed by atoms with Crippen molar-refractivity contribution in [3.8, 4) is 0 Å². The molecule has 1 aromatic rings. The number of ketones is 1. The highest BCUT2D eigenvalue weighted by atomic mass is 19.4. The SMILES string of the molecule is NC1(C(=O)Cc2ccc(C(F)(F)F)cc2)CCOC1. The third-order valence-electron chi connectivity index (χ3n) is 3.25. The number of benzene rings is 1. The molecule has 0 aromatic heterocycles. The molecule has 1 aliphatic rings. The van der Waals surface area contributed by atoms with E-state index in [9.17, 15) is 18.0 Å². The average molecular weight is 273 g/mol. The van der Waals surface area contributed by atoms with Crippen LogP contribution in [0.2, 0.25) is 0 Å². The average Bonchev–Trinajstić information content (AvgIpc) is 2.77. The molecule has 3 nitrogen and oxygen atoms in total. The monoisotopic (exact) mass is 273 g/mol. The molecule has 1 atom stereocenters. The van der Waals surface area contributed by atoms with Crippen LogP contribution >= 0.6 is 0 Å². The number of hydrogen-bond donors (Lipinski definition) is 1. The summed E-state index contributed by atoms with van der Waals surface area (Å²) in [6.45, 7) is 0.613. The fraction of sp³-hybridized carbons (Fsp3) is 0.462. The zero-order valence-electron chi connectivity index (χ0n) is 10.2. The molecule has 1 aromatic carbocycles. The highest BCUT2D eigenvalue weighted by Crippen LogP contribution is 2.29. The number of rotatable bonds is 3. The Kier molecular flexibility index (Phi) is 3.64. The van der Waals surface area contributed by atoms with Gasteiger partial charge in [-0.25, -0.2) is 0 Å². The van der Waals surface area contributed by atoms with Gasteiger partial charge in [0.1, 0.15) is 5.54 Å². The standard InChI is InChI=1S/C13H14F3NO2/c14-13(15,16)10-3-1-9(2-4-10)7-11(18)12(17)5-6-19-8-12/h1-4H,5-8,17H2. The normalized spacial score (nSPS) is 23.6. The molecule has 0 radical (unpaired) electrons. The van der Waals surface area contributed by atoms with Crippen LogP contribution in [0.25, 0.3) is 0 Å². The first kappa shape index (κ1) is 14.0. The largest absolute Gasteiger partial charge is 0.416 e. The van der Waals surface area contributed by atoms with E-state index in [4.69, 9.17) is 10.5 Å². The van der Waals surface area contributed by atoms with Crippen LogP contribution in [-0.4, -0.2) is 24.5 Å². The summed E-state index contributed by atoms with van der Waals surface area (Å²) in [7, 11) is 0. The molecule has 1 fully saturated rings. The molecule has 0 amide bonds. The number of halogens is 3. The first-order valence-corrected chi connectivity index (χ1v) is 5.87. The van der Waals surface area contributed by atoms with Crippen LogP contribution in [0.1, 0.15) is 17.5 Å². The molecular weight excluding hydrogens is 259 g/mol. The van der Waals surface area contributed by atoms with Crippen LogP contribution in [0.5, 0.6) is 0 Å². The maximum atomic E-state index is 12.4. The van der Waals surface area contributed by atoms with Crippen molar-refractivity contribution in [1.82, 2.24) is 0 Å². The topological polar surface area (TPSA) is 52.3 Å². The Labute approximate surface area is 108 Å².